The number of anilines is 1. The van der Waals surface area contributed by atoms with Gasteiger partial charge in [0, 0.05) is 17.8 Å². The number of alkyl halides is 3. The van der Waals surface area contributed by atoms with Crippen LogP contribution >= 0.6 is 34.8 Å². The fourth-order valence-electron chi connectivity index (χ4n) is 1.62. The van der Waals surface area contributed by atoms with E-state index in [0.29, 0.717) is 11.4 Å². The number of amides is 1. The van der Waals surface area contributed by atoms with Crippen LogP contribution in [0.3, 0.4) is 0 Å². The molecule has 1 aliphatic rings. The highest BCUT2D eigenvalue weighted by Gasteiger charge is 2.31. The molecule has 0 bridgehead atoms. The minimum Gasteiger partial charge on any atom is -0.290 e. The van der Waals surface area contributed by atoms with Gasteiger partial charge >= 0.3 is 0 Å². The number of allylic oxidation sites excluding steroid dienone is 2. The van der Waals surface area contributed by atoms with Crippen LogP contribution in [0.15, 0.2) is 54.3 Å². The van der Waals surface area contributed by atoms with Crippen molar-refractivity contribution in [2.75, 3.05) is 4.90 Å². The summed E-state index contributed by atoms with van der Waals surface area (Å²) in [5, 5.41) is 0. The predicted octanol–water partition coefficient (Wildman–Crippen LogP) is 3.41. The molecule has 1 heterocycles. The van der Waals surface area contributed by atoms with Crippen molar-refractivity contribution in [3.8, 4) is 0 Å². The zero-order valence-electron chi connectivity index (χ0n) is 9.52. The van der Waals surface area contributed by atoms with Crippen molar-refractivity contribution in [3.05, 3.63) is 54.3 Å². The maximum atomic E-state index is 11.8. The van der Waals surface area contributed by atoms with Crippen molar-refractivity contribution in [3.63, 3.8) is 0 Å². The maximum absolute atomic E-state index is 11.8. The first-order chi connectivity index (χ1) is 8.89. The second-order valence-corrected chi connectivity index (χ2v) is 6.05. The molecule has 0 N–H and O–H groups in total. The predicted molar refractivity (Wildman–Crippen MR) is 76.4 cm³/mol. The zero-order chi connectivity index (χ0) is 14.0. The molecular weight excluding hydrogens is 309 g/mol. The van der Waals surface area contributed by atoms with Crippen LogP contribution in [0.4, 0.5) is 5.69 Å². The summed E-state index contributed by atoms with van der Waals surface area (Å²) in [6, 6.07) is 8.90. The van der Waals surface area contributed by atoms with Gasteiger partial charge in [0.25, 0.3) is 9.70 Å². The van der Waals surface area contributed by atoms with Crippen molar-refractivity contribution in [2.45, 2.75) is 3.79 Å². The lowest BCUT2D eigenvalue weighted by Gasteiger charge is -2.18. The number of nitrogens with zero attached hydrogens (tertiary/aromatic N) is 1. The van der Waals surface area contributed by atoms with Crippen molar-refractivity contribution in [1.29, 1.82) is 0 Å². The summed E-state index contributed by atoms with van der Waals surface area (Å²) in [6.07, 6.45) is 4.00. The Morgan fingerprint density at radius 2 is 1.74 bits per heavy atom. The molecule has 0 radical (unpaired) electrons. The Hall–Kier alpha value is -1.29. The van der Waals surface area contributed by atoms with Gasteiger partial charge in [0.15, 0.2) is 0 Å². The third kappa shape index (κ3) is 3.18. The van der Waals surface area contributed by atoms with Crippen molar-refractivity contribution in [1.82, 2.24) is 0 Å². The van der Waals surface area contributed by atoms with Crippen molar-refractivity contribution >= 4 is 52.2 Å². The van der Waals surface area contributed by atoms with Gasteiger partial charge in [-0.1, -0.05) is 53.0 Å². The number of hydrogen-bond acceptors (Lipinski definition) is 2. The van der Waals surface area contributed by atoms with E-state index in [2.05, 4.69) is 0 Å². The van der Waals surface area contributed by atoms with Crippen molar-refractivity contribution in [2.24, 2.45) is 0 Å². The van der Waals surface area contributed by atoms with E-state index in [1.807, 2.05) is 6.07 Å². The molecule has 0 saturated heterocycles. The Labute approximate surface area is 125 Å². The van der Waals surface area contributed by atoms with Crippen LogP contribution in [0.5, 0.6) is 0 Å². The highest BCUT2D eigenvalue weighted by atomic mass is 35.6. The SMILES string of the molecule is O=C1C=C/C(=C\C(=O)C(Cl)(Cl)Cl)N1c1ccccc1. The lowest BCUT2D eigenvalue weighted by Crippen LogP contribution is -2.25. The largest absolute Gasteiger partial charge is 0.290 e. The quantitative estimate of drug-likeness (QED) is 0.619. The van der Waals surface area contributed by atoms with Gasteiger partial charge in [-0.15, -0.1) is 0 Å². The third-order valence-electron chi connectivity index (χ3n) is 2.45. The van der Waals surface area contributed by atoms with Crippen LogP contribution < -0.4 is 4.90 Å². The lowest BCUT2D eigenvalue weighted by atomic mass is 10.2. The first-order valence-electron chi connectivity index (χ1n) is 5.29. The fraction of sp³-hybridized carbons (Fsp3) is 0.0769. The number of halogens is 3. The van der Waals surface area contributed by atoms with Gasteiger partial charge in [-0.25, -0.2) is 0 Å². The summed E-state index contributed by atoms with van der Waals surface area (Å²) >= 11 is 16.5. The van der Waals surface area contributed by atoms with Crippen LogP contribution in [0.25, 0.3) is 0 Å². The van der Waals surface area contributed by atoms with E-state index in [-0.39, 0.29) is 5.91 Å². The van der Waals surface area contributed by atoms with Gasteiger partial charge < -0.3 is 0 Å². The number of carbonyl (C=O) groups excluding carboxylic acids is 2. The summed E-state index contributed by atoms with van der Waals surface area (Å²) in [7, 11) is 0. The van der Waals surface area contributed by atoms with Crippen molar-refractivity contribution < 1.29 is 9.59 Å². The molecule has 19 heavy (non-hydrogen) atoms. The molecule has 0 fully saturated rings. The molecule has 2 rings (SSSR count). The lowest BCUT2D eigenvalue weighted by molar-refractivity contribution is -0.113. The smallest absolute Gasteiger partial charge is 0.255 e. The molecule has 98 valence electrons. The number of rotatable bonds is 2. The van der Waals surface area contributed by atoms with E-state index in [1.165, 1.54) is 17.1 Å². The fourth-order valence-corrected chi connectivity index (χ4v) is 1.78. The first kappa shape index (κ1) is 14.1. The third-order valence-corrected chi connectivity index (χ3v) is 3.01. The maximum Gasteiger partial charge on any atom is 0.255 e. The summed E-state index contributed by atoms with van der Waals surface area (Å²) in [5.41, 5.74) is 1.01. The normalized spacial score (nSPS) is 17.3. The number of benzene rings is 1. The van der Waals surface area contributed by atoms with Gasteiger partial charge in [0.05, 0.1) is 5.70 Å². The van der Waals surface area contributed by atoms with E-state index in [1.54, 1.807) is 24.3 Å². The molecular formula is C13H8Cl3NO2. The Morgan fingerprint density at radius 3 is 2.32 bits per heavy atom. The highest BCUT2D eigenvalue weighted by Crippen LogP contribution is 2.30. The molecule has 0 atom stereocenters. The molecule has 0 unspecified atom stereocenters. The number of ketones is 1. The molecule has 0 aromatic heterocycles. The Morgan fingerprint density at radius 1 is 1.11 bits per heavy atom. The minimum atomic E-state index is -2.03. The Balaban J connectivity index is 2.36. The van der Waals surface area contributed by atoms with Gasteiger partial charge in [-0.2, -0.15) is 0 Å². The molecule has 1 aromatic rings. The second-order valence-electron chi connectivity index (χ2n) is 3.77. The van der Waals surface area contributed by atoms with Crippen LogP contribution in [-0.2, 0) is 9.59 Å². The molecule has 6 heteroatoms. The monoisotopic (exact) mass is 315 g/mol. The van der Waals surface area contributed by atoms with E-state index >= 15 is 0 Å². The van der Waals surface area contributed by atoms with Crippen LogP contribution in [-0.4, -0.2) is 15.5 Å². The zero-order valence-corrected chi connectivity index (χ0v) is 11.8. The summed E-state index contributed by atoms with van der Waals surface area (Å²) in [6.45, 7) is 0. The van der Waals surface area contributed by atoms with E-state index in [4.69, 9.17) is 34.8 Å². The standard InChI is InChI=1S/C13H8Cl3NO2/c14-13(15,16)11(18)8-10-6-7-12(19)17(10)9-4-2-1-3-5-9/h1-8H/b10-8+. The highest BCUT2D eigenvalue weighted by molar-refractivity contribution is 6.77. The van der Waals surface area contributed by atoms with Gasteiger partial charge in [-0.3, -0.25) is 14.5 Å². The van der Waals surface area contributed by atoms with Crippen LogP contribution in [0.2, 0.25) is 0 Å². The molecule has 1 aliphatic heterocycles. The van der Waals surface area contributed by atoms with Gasteiger partial charge in [0.1, 0.15) is 0 Å². The minimum absolute atomic E-state index is 0.255. The van der Waals surface area contributed by atoms with Crippen LogP contribution in [0, 0.1) is 0 Å². The Bertz CT molecular complexity index is 573. The molecule has 1 aromatic carbocycles. The molecule has 3 nitrogen and oxygen atoms in total. The summed E-state index contributed by atoms with van der Waals surface area (Å²) in [4.78, 5) is 24.8. The molecule has 0 spiro atoms. The molecule has 1 amide bonds. The topological polar surface area (TPSA) is 37.4 Å². The average molecular weight is 317 g/mol. The van der Waals surface area contributed by atoms with E-state index in [9.17, 15) is 9.59 Å². The number of para-hydroxylation sites is 1. The Kier molecular flexibility index (Phi) is 3.99. The molecule has 0 aliphatic carbocycles. The second kappa shape index (κ2) is 5.37. The van der Waals surface area contributed by atoms with Gasteiger partial charge in [-0.05, 0) is 18.2 Å². The first-order valence-corrected chi connectivity index (χ1v) is 6.43. The van der Waals surface area contributed by atoms with Crippen LogP contribution in [0.1, 0.15) is 0 Å². The van der Waals surface area contributed by atoms with Gasteiger partial charge in [0.2, 0.25) is 5.78 Å². The number of hydrogen-bond donors (Lipinski definition) is 0. The van der Waals surface area contributed by atoms with E-state index < -0.39 is 9.58 Å². The van der Waals surface area contributed by atoms with E-state index in [0.717, 1.165) is 6.08 Å². The summed E-state index contributed by atoms with van der Waals surface area (Å²) < 4.78 is -2.03. The summed E-state index contributed by atoms with van der Waals surface area (Å²) in [5.74, 6) is -0.956. The number of carbonyl (C=O) groups is 2. The molecule has 0 saturated carbocycles. The average Bonchev–Trinajstić information content (AvgIpc) is 2.70.